The molecule has 0 unspecified atom stereocenters. The lowest BCUT2D eigenvalue weighted by Gasteiger charge is -2.15. The van der Waals surface area contributed by atoms with E-state index in [1.54, 1.807) is 6.20 Å². The fraction of sp³-hybridized carbons (Fsp3) is 0.107. The molecule has 2 N–H and O–H groups in total. The van der Waals surface area contributed by atoms with Crippen LogP contribution in [0, 0.1) is 13.8 Å². The van der Waals surface area contributed by atoms with Crippen molar-refractivity contribution in [1.82, 2.24) is 9.97 Å². The zero-order valence-corrected chi connectivity index (χ0v) is 18.6. The lowest BCUT2D eigenvalue weighted by atomic mass is 10.1. The SMILES string of the molecule is Cc1cccc(NC(=O)c2cc(Nc3cc(-c4cccnc4)nc4c3C=CC4)ccc2C)c1. The van der Waals surface area contributed by atoms with Crippen LogP contribution in [0.4, 0.5) is 17.1 Å². The molecule has 1 aliphatic carbocycles. The van der Waals surface area contributed by atoms with Gasteiger partial charge in [0.25, 0.3) is 5.91 Å². The first-order chi connectivity index (χ1) is 16.1. The second kappa shape index (κ2) is 8.71. The van der Waals surface area contributed by atoms with Gasteiger partial charge in [-0.2, -0.15) is 0 Å². The van der Waals surface area contributed by atoms with Gasteiger partial charge >= 0.3 is 0 Å². The van der Waals surface area contributed by atoms with Crippen molar-refractivity contribution in [3.63, 3.8) is 0 Å². The lowest BCUT2D eigenvalue weighted by Crippen LogP contribution is -2.13. The Hall–Kier alpha value is -4.25. The van der Waals surface area contributed by atoms with Crippen LogP contribution in [-0.4, -0.2) is 15.9 Å². The lowest BCUT2D eigenvalue weighted by molar-refractivity contribution is 0.102. The summed E-state index contributed by atoms with van der Waals surface area (Å²) in [6.45, 7) is 3.95. The second-order valence-corrected chi connectivity index (χ2v) is 8.24. The normalized spacial score (nSPS) is 11.8. The molecule has 2 heterocycles. The van der Waals surface area contributed by atoms with Crippen LogP contribution in [0.3, 0.4) is 0 Å². The third kappa shape index (κ3) is 4.39. The van der Waals surface area contributed by atoms with Gasteiger partial charge in [0.05, 0.1) is 11.4 Å². The van der Waals surface area contributed by atoms with Crippen LogP contribution >= 0.6 is 0 Å². The van der Waals surface area contributed by atoms with E-state index >= 15 is 0 Å². The van der Waals surface area contributed by atoms with Crippen molar-refractivity contribution < 1.29 is 4.79 Å². The number of benzene rings is 2. The molecule has 5 nitrogen and oxygen atoms in total. The molecule has 2 aromatic heterocycles. The minimum absolute atomic E-state index is 0.127. The highest BCUT2D eigenvalue weighted by Gasteiger charge is 2.16. The highest BCUT2D eigenvalue weighted by atomic mass is 16.1. The van der Waals surface area contributed by atoms with Crippen LogP contribution in [0.5, 0.6) is 0 Å². The summed E-state index contributed by atoms with van der Waals surface area (Å²) in [6.07, 6.45) is 8.59. The second-order valence-electron chi connectivity index (χ2n) is 8.24. The maximum Gasteiger partial charge on any atom is 0.256 e. The van der Waals surface area contributed by atoms with Crippen LogP contribution in [0.15, 0.2) is 79.1 Å². The Morgan fingerprint density at radius 2 is 1.88 bits per heavy atom. The van der Waals surface area contributed by atoms with Crippen LogP contribution in [0.1, 0.15) is 32.7 Å². The number of carbonyl (C=O) groups is 1. The monoisotopic (exact) mass is 432 g/mol. The van der Waals surface area contributed by atoms with E-state index in [1.165, 1.54) is 0 Å². The molecule has 0 saturated heterocycles. The van der Waals surface area contributed by atoms with Gasteiger partial charge in [-0.05, 0) is 67.4 Å². The summed E-state index contributed by atoms with van der Waals surface area (Å²) in [5.41, 5.74) is 9.20. The van der Waals surface area contributed by atoms with Crippen LogP contribution in [0.2, 0.25) is 0 Å². The Balaban J connectivity index is 1.46. The number of pyridine rings is 2. The number of nitrogens with zero attached hydrogens (tertiary/aromatic N) is 2. The van der Waals surface area contributed by atoms with E-state index in [1.807, 2.05) is 80.7 Å². The summed E-state index contributed by atoms with van der Waals surface area (Å²) < 4.78 is 0. The highest BCUT2D eigenvalue weighted by Crippen LogP contribution is 2.33. The van der Waals surface area contributed by atoms with E-state index in [-0.39, 0.29) is 5.91 Å². The minimum Gasteiger partial charge on any atom is -0.355 e. The Kier molecular flexibility index (Phi) is 5.45. The molecule has 162 valence electrons. The van der Waals surface area contributed by atoms with E-state index in [0.717, 1.165) is 57.1 Å². The van der Waals surface area contributed by atoms with Gasteiger partial charge < -0.3 is 10.6 Å². The van der Waals surface area contributed by atoms with E-state index in [2.05, 4.69) is 27.8 Å². The number of nitrogens with one attached hydrogen (secondary N) is 2. The number of anilines is 3. The van der Waals surface area contributed by atoms with Crippen molar-refractivity contribution in [1.29, 1.82) is 0 Å². The zero-order chi connectivity index (χ0) is 22.8. The van der Waals surface area contributed by atoms with Gasteiger partial charge in [-0.3, -0.25) is 14.8 Å². The van der Waals surface area contributed by atoms with Gasteiger partial charge in [0.2, 0.25) is 0 Å². The molecule has 1 aliphatic rings. The first-order valence-electron chi connectivity index (χ1n) is 10.9. The maximum atomic E-state index is 13.0. The molecule has 2 aromatic carbocycles. The van der Waals surface area contributed by atoms with E-state index < -0.39 is 0 Å². The molecule has 33 heavy (non-hydrogen) atoms. The number of rotatable bonds is 5. The number of allylic oxidation sites excluding steroid dienone is 1. The fourth-order valence-corrected chi connectivity index (χ4v) is 4.02. The molecular weight excluding hydrogens is 408 g/mol. The predicted molar refractivity (Wildman–Crippen MR) is 134 cm³/mol. The number of amides is 1. The first kappa shape index (κ1) is 20.6. The van der Waals surface area contributed by atoms with Crippen molar-refractivity contribution in [2.24, 2.45) is 0 Å². The molecule has 0 spiro atoms. The minimum atomic E-state index is -0.127. The quantitative estimate of drug-likeness (QED) is 0.387. The zero-order valence-electron chi connectivity index (χ0n) is 18.6. The van der Waals surface area contributed by atoms with Crippen molar-refractivity contribution in [3.8, 4) is 11.3 Å². The number of aryl methyl sites for hydroxylation is 2. The van der Waals surface area contributed by atoms with E-state index in [9.17, 15) is 4.79 Å². The molecule has 4 aromatic rings. The predicted octanol–water partition coefficient (Wildman–Crippen LogP) is 6.33. The number of carbonyl (C=O) groups excluding carboxylic acids is 1. The topological polar surface area (TPSA) is 66.9 Å². The summed E-state index contributed by atoms with van der Waals surface area (Å²) in [5, 5.41) is 6.53. The number of fused-ring (bicyclic) bond motifs is 1. The number of hydrogen-bond donors (Lipinski definition) is 2. The maximum absolute atomic E-state index is 13.0. The third-order valence-corrected chi connectivity index (χ3v) is 5.73. The molecule has 5 heteroatoms. The van der Waals surface area contributed by atoms with Crippen molar-refractivity contribution in [2.75, 3.05) is 10.6 Å². The Labute approximate surface area is 193 Å². The van der Waals surface area contributed by atoms with E-state index in [0.29, 0.717) is 5.56 Å². The molecule has 0 bridgehead atoms. The molecule has 0 saturated carbocycles. The number of aromatic nitrogens is 2. The highest BCUT2D eigenvalue weighted by molar-refractivity contribution is 6.06. The molecule has 0 fully saturated rings. The average molecular weight is 433 g/mol. The average Bonchev–Trinajstić information content (AvgIpc) is 3.30. The molecular formula is C28H24N4O. The van der Waals surface area contributed by atoms with Gasteiger partial charge in [0.15, 0.2) is 0 Å². The molecule has 0 radical (unpaired) electrons. The van der Waals surface area contributed by atoms with Gasteiger partial charge in [0, 0.05) is 52.6 Å². The van der Waals surface area contributed by atoms with Crippen LogP contribution in [0.25, 0.3) is 17.3 Å². The summed E-state index contributed by atoms with van der Waals surface area (Å²) in [5.74, 6) is -0.127. The van der Waals surface area contributed by atoms with Crippen molar-refractivity contribution in [2.45, 2.75) is 20.3 Å². The third-order valence-electron chi connectivity index (χ3n) is 5.73. The first-order valence-corrected chi connectivity index (χ1v) is 10.9. The van der Waals surface area contributed by atoms with Crippen molar-refractivity contribution in [3.05, 3.63) is 107 Å². The fourth-order valence-electron chi connectivity index (χ4n) is 4.02. The van der Waals surface area contributed by atoms with Gasteiger partial charge in [-0.1, -0.05) is 30.4 Å². The summed E-state index contributed by atoms with van der Waals surface area (Å²) >= 11 is 0. The smallest absolute Gasteiger partial charge is 0.256 e. The van der Waals surface area contributed by atoms with E-state index in [4.69, 9.17) is 4.98 Å². The Morgan fingerprint density at radius 3 is 2.70 bits per heavy atom. The summed E-state index contributed by atoms with van der Waals surface area (Å²) in [4.78, 5) is 22.1. The molecule has 0 aliphatic heterocycles. The largest absolute Gasteiger partial charge is 0.355 e. The van der Waals surface area contributed by atoms with Crippen LogP contribution < -0.4 is 10.6 Å². The number of hydrogen-bond acceptors (Lipinski definition) is 4. The van der Waals surface area contributed by atoms with Crippen LogP contribution in [-0.2, 0) is 6.42 Å². The molecule has 0 atom stereocenters. The van der Waals surface area contributed by atoms with Crippen molar-refractivity contribution >= 4 is 29.0 Å². The standard InChI is InChI=1S/C28H24N4O/c1-18-6-3-8-21(14-18)31-28(33)24-15-22(12-11-19(24)2)30-27-16-26(20-7-5-13-29-17-20)32-25-10-4-9-23(25)27/h3-9,11-17H,10H2,1-2H3,(H,30,32)(H,31,33). The summed E-state index contributed by atoms with van der Waals surface area (Å²) in [7, 11) is 0. The van der Waals surface area contributed by atoms with Gasteiger partial charge in [-0.15, -0.1) is 0 Å². The Morgan fingerprint density at radius 1 is 0.970 bits per heavy atom. The Bertz CT molecular complexity index is 1380. The van der Waals surface area contributed by atoms with Gasteiger partial charge in [0.1, 0.15) is 0 Å². The summed E-state index contributed by atoms with van der Waals surface area (Å²) in [6, 6.07) is 19.6. The molecule has 1 amide bonds. The van der Waals surface area contributed by atoms with Gasteiger partial charge in [-0.25, -0.2) is 0 Å². The molecule has 5 rings (SSSR count).